The van der Waals surface area contributed by atoms with Crippen LogP contribution in [0.5, 0.6) is 5.75 Å². The van der Waals surface area contributed by atoms with Crippen LogP contribution >= 0.6 is 0 Å². The standard InChI is InChI=1S/C13H14F6N2O/c14-9-7-8(1-2-10(9)22-13(17,18)19)11(12(15)16)21-5-3-20-4-6-21/h1-2,7,11-12,20H,3-6H2/t11-/m1/s1. The lowest BCUT2D eigenvalue weighted by Crippen LogP contribution is -2.46. The molecule has 3 nitrogen and oxygen atoms in total. The van der Waals surface area contributed by atoms with Gasteiger partial charge in [-0.15, -0.1) is 13.2 Å². The van der Waals surface area contributed by atoms with E-state index >= 15 is 0 Å². The Morgan fingerprint density at radius 2 is 1.77 bits per heavy atom. The highest BCUT2D eigenvalue weighted by molar-refractivity contribution is 5.31. The van der Waals surface area contributed by atoms with Crippen LogP contribution in [0.25, 0.3) is 0 Å². The van der Waals surface area contributed by atoms with Crippen LogP contribution in [-0.2, 0) is 0 Å². The van der Waals surface area contributed by atoms with Crippen LogP contribution in [0.3, 0.4) is 0 Å². The lowest BCUT2D eigenvalue weighted by molar-refractivity contribution is -0.275. The van der Waals surface area contributed by atoms with E-state index in [1.165, 1.54) is 4.90 Å². The van der Waals surface area contributed by atoms with E-state index in [2.05, 4.69) is 10.1 Å². The molecule has 0 saturated carbocycles. The van der Waals surface area contributed by atoms with E-state index in [1.807, 2.05) is 0 Å². The average Bonchev–Trinajstić information content (AvgIpc) is 2.41. The molecule has 0 radical (unpaired) electrons. The molecule has 2 rings (SSSR count). The van der Waals surface area contributed by atoms with Gasteiger partial charge in [0.2, 0.25) is 0 Å². The van der Waals surface area contributed by atoms with Crippen molar-refractivity contribution in [3.8, 4) is 5.75 Å². The molecule has 0 bridgehead atoms. The van der Waals surface area contributed by atoms with E-state index in [9.17, 15) is 26.3 Å². The maximum atomic E-state index is 13.7. The van der Waals surface area contributed by atoms with Crippen LogP contribution in [-0.4, -0.2) is 43.9 Å². The van der Waals surface area contributed by atoms with Crippen LogP contribution in [0.15, 0.2) is 18.2 Å². The molecule has 1 saturated heterocycles. The zero-order valence-corrected chi connectivity index (χ0v) is 11.3. The lowest BCUT2D eigenvalue weighted by Gasteiger charge is -2.34. The van der Waals surface area contributed by atoms with Crippen LogP contribution in [0.4, 0.5) is 26.3 Å². The van der Waals surface area contributed by atoms with Gasteiger partial charge in [0.25, 0.3) is 6.43 Å². The Bertz CT molecular complexity index is 502. The quantitative estimate of drug-likeness (QED) is 0.860. The first kappa shape index (κ1) is 16.9. The van der Waals surface area contributed by atoms with E-state index in [0.717, 1.165) is 12.1 Å². The first-order chi connectivity index (χ1) is 10.3. The Morgan fingerprint density at radius 1 is 1.14 bits per heavy atom. The number of hydrogen-bond acceptors (Lipinski definition) is 3. The summed E-state index contributed by atoms with van der Waals surface area (Å²) in [5, 5.41) is 3.00. The SMILES string of the molecule is Fc1cc([C@H](C(F)F)N2CCNCC2)ccc1OC(F)(F)F. The molecule has 22 heavy (non-hydrogen) atoms. The van der Waals surface area contributed by atoms with Gasteiger partial charge in [-0.25, -0.2) is 13.2 Å². The van der Waals surface area contributed by atoms with Crippen molar-refractivity contribution in [3.05, 3.63) is 29.6 Å². The molecule has 0 aliphatic carbocycles. The Balaban J connectivity index is 2.23. The monoisotopic (exact) mass is 328 g/mol. The fourth-order valence-corrected chi connectivity index (χ4v) is 2.38. The zero-order chi connectivity index (χ0) is 16.3. The number of nitrogens with one attached hydrogen (secondary N) is 1. The number of halogens is 6. The minimum Gasteiger partial charge on any atom is -0.403 e. The van der Waals surface area contributed by atoms with Crippen LogP contribution in [0.2, 0.25) is 0 Å². The molecule has 0 aromatic heterocycles. The predicted octanol–water partition coefficient (Wildman–Crippen LogP) is 2.94. The first-order valence-electron chi connectivity index (χ1n) is 6.56. The molecule has 1 fully saturated rings. The number of nitrogens with zero attached hydrogens (tertiary/aromatic N) is 1. The molecule has 9 heteroatoms. The fourth-order valence-electron chi connectivity index (χ4n) is 2.38. The Morgan fingerprint density at radius 3 is 2.27 bits per heavy atom. The molecule has 1 heterocycles. The number of rotatable bonds is 4. The second-order valence-electron chi connectivity index (χ2n) is 4.80. The largest absolute Gasteiger partial charge is 0.573 e. The molecule has 1 N–H and O–H groups in total. The molecule has 1 aromatic rings. The van der Waals surface area contributed by atoms with Gasteiger partial charge in [0, 0.05) is 26.2 Å². The molecular weight excluding hydrogens is 314 g/mol. The first-order valence-corrected chi connectivity index (χ1v) is 6.56. The van der Waals surface area contributed by atoms with Crippen molar-refractivity contribution in [2.45, 2.75) is 18.8 Å². The number of hydrogen-bond donors (Lipinski definition) is 1. The highest BCUT2D eigenvalue weighted by atomic mass is 19.4. The van der Waals surface area contributed by atoms with E-state index < -0.39 is 30.4 Å². The molecule has 1 atom stereocenters. The summed E-state index contributed by atoms with van der Waals surface area (Å²) >= 11 is 0. The summed E-state index contributed by atoms with van der Waals surface area (Å²) < 4.78 is 79.9. The molecule has 1 aromatic carbocycles. The summed E-state index contributed by atoms with van der Waals surface area (Å²) in [6.07, 6.45) is -7.82. The summed E-state index contributed by atoms with van der Waals surface area (Å²) in [5.41, 5.74) is -0.0797. The summed E-state index contributed by atoms with van der Waals surface area (Å²) in [6.45, 7) is 1.72. The van der Waals surface area contributed by atoms with Crippen LogP contribution in [0, 0.1) is 5.82 Å². The van der Waals surface area contributed by atoms with E-state index in [0.29, 0.717) is 32.2 Å². The Kier molecular flexibility index (Phi) is 5.17. The second kappa shape index (κ2) is 6.74. The highest BCUT2D eigenvalue weighted by Gasteiger charge is 2.34. The van der Waals surface area contributed by atoms with Crippen molar-refractivity contribution in [1.29, 1.82) is 0 Å². The van der Waals surface area contributed by atoms with E-state index in [1.54, 1.807) is 0 Å². The van der Waals surface area contributed by atoms with Gasteiger partial charge in [-0.05, 0) is 17.7 Å². The van der Waals surface area contributed by atoms with Crippen molar-refractivity contribution in [2.75, 3.05) is 26.2 Å². The Hall–Kier alpha value is -1.48. The maximum absolute atomic E-state index is 13.7. The smallest absolute Gasteiger partial charge is 0.403 e. The maximum Gasteiger partial charge on any atom is 0.573 e. The highest BCUT2D eigenvalue weighted by Crippen LogP contribution is 2.32. The lowest BCUT2D eigenvalue weighted by atomic mass is 10.0. The van der Waals surface area contributed by atoms with E-state index in [4.69, 9.17) is 0 Å². The van der Waals surface area contributed by atoms with Crippen LogP contribution in [0.1, 0.15) is 11.6 Å². The van der Waals surface area contributed by atoms with Gasteiger partial charge in [0.1, 0.15) is 0 Å². The molecule has 124 valence electrons. The molecular formula is C13H14F6N2O. The molecule has 1 aliphatic rings. The van der Waals surface area contributed by atoms with Gasteiger partial charge in [0.05, 0.1) is 6.04 Å². The topological polar surface area (TPSA) is 24.5 Å². The normalized spacial score (nSPS) is 18.5. The zero-order valence-electron chi connectivity index (χ0n) is 11.3. The summed E-state index contributed by atoms with van der Waals surface area (Å²) in [4.78, 5) is 1.47. The van der Waals surface area contributed by atoms with Gasteiger partial charge >= 0.3 is 6.36 Å². The van der Waals surface area contributed by atoms with E-state index in [-0.39, 0.29) is 5.56 Å². The fraction of sp³-hybridized carbons (Fsp3) is 0.538. The summed E-state index contributed by atoms with van der Waals surface area (Å²) in [7, 11) is 0. The second-order valence-corrected chi connectivity index (χ2v) is 4.80. The number of ether oxygens (including phenoxy) is 1. The predicted molar refractivity (Wildman–Crippen MR) is 66.3 cm³/mol. The third-order valence-corrected chi connectivity index (χ3v) is 3.31. The third-order valence-electron chi connectivity index (χ3n) is 3.31. The van der Waals surface area contributed by atoms with Gasteiger partial charge in [0.15, 0.2) is 11.6 Å². The van der Waals surface area contributed by atoms with Crippen molar-refractivity contribution >= 4 is 0 Å². The number of alkyl halides is 5. The molecule has 1 aliphatic heterocycles. The number of piperazine rings is 1. The molecule has 0 spiro atoms. The van der Waals surface area contributed by atoms with Gasteiger partial charge in [-0.3, -0.25) is 4.90 Å². The summed E-state index contributed by atoms with van der Waals surface area (Å²) in [6, 6.07) is 1.05. The minimum atomic E-state index is -5.04. The van der Waals surface area contributed by atoms with Crippen molar-refractivity contribution in [1.82, 2.24) is 10.2 Å². The molecule has 0 amide bonds. The minimum absolute atomic E-state index is 0.0797. The van der Waals surface area contributed by atoms with Crippen LogP contribution < -0.4 is 10.1 Å². The van der Waals surface area contributed by atoms with Crippen molar-refractivity contribution in [2.24, 2.45) is 0 Å². The molecule has 0 unspecified atom stereocenters. The van der Waals surface area contributed by atoms with Crippen molar-refractivity contribution < 1.29 is 31.1 Å². The van der Waals surface area contributed by atoms with Gasteiger partial charge < -0.3 is 10.1 Å². The summed E-state index contributed by atoms with van der Waals surface area (Å²) in [5.74, 6) is -2.36. The van der Waals surface area contributed by atoms with Gasteiger partial charge in [-0.1, -0.05) is 6.07 Å². The average molecular weight is 328 g/mol. The van der Waals surface area contributed by atoms with Gasteiger partial charge in [-0.2, -0.15) is 0 Å². The Labute approximate surface area is 122 Å². The number of benzene rings is 1. The van der Waals surface area contributed by atoms with Crippen molar-refractivity contribution in [3.63, 3.8) is 0 Å². The third kappa shape index (κ3) is 4.26.